The molecule has 1 fully saturated rings. The Hall–Kier alpha value is -1.10. The lowest BCUT2D eigenvalue weighted by Crippen LogP contribution is -2.40. The number of amides is 1. The molecule has 0 aliphatic heterocycles. The molecule has 1 rings (SSSR count). The summed E-state index contributed by atoms with van der Waals surface area (Å²) < 4.78 is 4.79. The lowest BCUT2D eigenvalue weighted by molar-refractivity contribution is -0.156. The summed E-state index contributed by atoms with van der Waals surface area (Å²) in [7, 11) is 1.52. The first kappa shape index (κ1) is 9.98. The van der Waals surface area contributed by atoms with E-state index in [1.54, 1.807) is 0 Å². The minimum absolute atomic E-state index is 0.124. The van der Waals surface area contributed by atoms with E-state index in [0.29, 0.717) is 13.2 Å². The lowest BCUT2D eigenvalue weighted by Gasteiger charge is -2.19. The van der Waals surface area contributed by atoms with Gasteiger partial charge in [0.1, 0.15) is 0 Å². The standard InChI is InChI=1S/C8H13NO4/c1-13-5-4-9(6-2-3-6)7(10)8(11)12/h6H,2-5H2,1H3,(H,11,12). The highest BCUT2D eigenvalue weighted by Gasteiger charge is 2.34. The van der Waals surface area contributed by atoms with Crippen LogP contribution in [-0.2, 0) is 14.3 Å². The molecule has 0 atom stereocenters. The average molecular weight is 187 g/mol. The number of nitrogens with zero attached hydrogens (tertiary/aromatic N) is 1. The highest BCUT2D eigenvalue weighted by Crippen LogP contribution is 2.26. The molecule has 1 N–H and O–H groups in total. The summed E-state index contributed by atoms with van der Waals surface area (Å²) in [6.45, 7) is 0.752. The van der Waals surface area contributed by atoms with Crippen LogP contribution >= 0.6 is 0 Å². The van der Waals surface area contributed by atoms with Gasteiger partial charge in [0.05, 0.1) is 6.61 Å². The van der Waals surface area contributed by atoms with Crippen LogP contribution in [0.3, 0.4) is 0 Å². The Labute approximate surface area is 76.3 Å². The van der Waals surface area contributed by atoms with Crippen molar-refractivity contribution in [2.24, 2.45) is 0 Å². The molecular weight excluding hydrogens is 174 g/mol. The van der Waals surface area contributed by atoms with Crippen LogP contribution in [0.5, 0.6) is 0 Å². The fraction of sp³-hybridized carbons (Fsp3) is 0.750. The molecule has 5 nitrogen and oxygen atoms in total. The van der Waals surface area contributed by atoms with Gasteiger partial charge >= 0.3 is 11.9 Å². The van der Waals surface area contributed by atoms with Crippen LogP contribution in [0.15, 0.2) is 0 Å². The van der Waals surface area contributed by atoms with Gasteiger partial charge in [0.15, 0.2) is 0 Å². The fourth-order valence-corrected chi connectivity index (χ4v) is 1.15. The molecule has 0 radical (unpaired) electrons. The number of carboxylic acid groups (broad SMARTS) is 1. The van der Waals surface area contributed by atoms with Gasteiger partial charge in [-0.05, 0) is 12.8 Å². The number of carbonyl (C=O) groups excluding carboxylic acids is 1. The van der Waals surface area contributed by atoms with Crippen molar-refractivity contribution in [2.75, 3.05) is 20.3 Å². The van der Waals surface area contributed by atoms with Gasteiger partial charge in [-0.25, -0.2) is 4.79 Å². The van der Waals surface area contributed by atoms with Crippen molar-refractivity contribution < 1.29 is 19.4 Å². The van der Waals surface area contributed by atoms with Crippen LogP contribution in [0, 0.1) is 0 Å². The van der Waals surface area contributed by atoms with E-state index in [1.165, 1.54) is 12.0 Å². The molecule has 13 heavy (non-hydrogen) atoms. The first-order valence-electron chi connectivity index (χ1n) is 4.19. The highest BCUT2D eigenvalue weighted by molar-refractivity contribution is 6.31. The smallest absolute Gasteiger partial charge is 0.394 e. The Morgan fingerprint density at radius 3 is 2.54 bits per heavy atom. The van der Waals surface area contributed by atoms with Gasteiger partial charge in [-0.3, -0.25) is 4.79 Å². The zero-order valence-corrected chi connectivity index (χ0v) is 7.52. The molecule has 0 bridgehead atoms. The third-order valence-corrected chi connectivity index (χ3v) is 1.97. The van der Waals surface area contributed by atoms with Crippen molar-refractivity contribution in [3.8, 4) is 0 Å². The quantitative estimate of drug-likeness (QED) is 0.614. The highest BCUT2D eigenvalue weighted by atomic mass is 16.5. The Kier molecular flexibility index (Phi) is 3.25. The van der Waals surface area contributed by atoms with E-state index in [4.69, 9.17) is 9.84 Å². The van der Waals surface area contributed by atoms with Gasteiger partial charge in [-0.1, -0.05) is 0 Å². The van der Waals surface area contributed by atoms with E-state index in [9.17, 15) is 9.59 Å². The second-order valence-corrected chi connectivity index (χ2v) is 3.03. The number of methoxy groups -OCH3 is 1. The molecule has 0 aromatic carbocycles. The SMILES string of the molecule is COCCN(C(=O)C(=O)O)C1CC1. The molecule has 0 heterocycles. The lowest BCUT2D eigenvalue weighted by atomic mass is 10.4. The minimum Gasteiger partial charge on any atom is -0.474 e. The second-order valence-electron chi connectivity index (χ2n) is 3.03. The summed E-state index contributed by atoms with van der Waals surface area (Å²) in [5, 5.41) is 8.50. The summed E-state index contributed by atoms with van der Waals surface area (Å²) in [5.41, 5.74) is 0. The number of hydrogen-bond donors (Lipinski definition) is 1. The maximum Gasteiger partial charge on any atom is 0.394 e. The van der Waals surface area contributed by atoms with Crippen molar-refractivity contribution in [1.82, 2.24) is 4.90 Å². The van der Waals surface area contributed by atoms with E-state index < -0.39 is 11.9 Å². The Balaban J connectivity index is 2.46. The van der Waals surface area contributed by atoms with Crippen LogP contribution in [0.25, 0.3) is 0 Å². The maximum absolute atomic E-state index is 11.1. The molecule has 0 saturated heterocycles. The average Bonchev–Trinajstić information content (AvgIpc) is 2.88. The van der Waals surface area contributed by atoms with E-state index in [2.05, 4.69) is 0 Å². The van der Waals surface area contributed by atoms with E-state index in [1.807, 2.05) is 0 Å². The van der Waals surface area contributed by atoms with E-state index >= 15 is 0 Å². The van der Waals surface area contributed by atoms with Crippen molar-refractivity contribution in [3.05, 3.63) is 0 Å². The number of carboxylic acids is 1. The first-order chi connectivity index (χ1) is 6.16. The predicted octanol–water partition coefficient (Wildman–Crippen LogP) is -0.292. The van der Waals surface area contributed by atoms with Gasteiger partial charge in [0, 0.05) is 19.7 Å². The molecule has 1 aliphatic carbocycles. The zero-order chi connectivity index (χ0) is 9.84. The van der Waals surface area contributed by atoms with E-state index in [0.717, 1.165) is 12.8 Å². The molecule has 0 spiro atoms. The molecule has 5 heteroatoms. The molecular formula is C8H13NO4. The second kappa shape index (κ2) is 4.23. The van der Waals surface area contributed by atoms with Gasteiger partial charge in [0.25, 0.3) is 0 Å². The van der Waals surface area contributed by atoms with Crippen LogP contribution < -0.4 is 0 Å². The van der Waals surface area contributed by atoms with Gasteiger partial charge < -0.3 is 14.7 Å². The van der Waals surface area contributed by atoms with Crippen molar-refractivity contribution in [1.29, 1.82) is 0 Å². The van der Waals surface area contributed by atoms with E-state index in [-0.39, 0.29) is 6.04 Å². The summed E-state index contributed by atoms with van der Waals surface area (Å²) in [6.07, 6.45) is 1.81. The largest absolute Gasteiger partial charge is 0.474 e. The van der Waals surface area contributed by atoms with Gasteiger partial charge in [0.2, 0.25) is 0 Å². The Morgan fingerprint density at radius 1 is 1.54 bits per heavy atom. The van der Waals surface area contributed by atoms with Crippen LogP contribution in [0.4, 0.5) is 0 Å². The summed E-state index contributed by atoms with van der Waals surface area (Å²) >= 11 is 0. The number of carbonyl (C=O) groups is 2. The third kappa shape index (κ3) is 2.69. The summed E-state index contributed by atoms with van der Waals surface area (Å²) in [5.74, 6) is -2.21. The van der Waals surface area contributed by atoms with Crippen molar-refractivity contribution in [3.63, 3.8) is 0 Å². The molecule has 0 aromatic heterocycles. The number of rotatable bonds is 4. The molecule has 1 saturated carbocycles. The molecule has 74 valence electrons. The van der Waals surface area contributed by atoms with Crippen LogP contribution in [-0.4, -0.2) is 48.2 Å². The fourth-order valence-electron chi connectivity index (χ4n) is 1.15. The van der Waals surface area contributed by atoms with Crippen LogP contribution in [0.2, 0.25) is 0 Å². The summed E-state index contributed by atoms with van der Waals surface area (Å²) in [4.78, 5) is 22.9. The molecule has 0 aromatic rings. The zero-order valence-electron chi connectivity index (χ0n) is 7.52. The van der Waals surface area contributed by atoms with Crippen molar-refractivity contribution in [2.45, 2.75) is 18.9 Å². The first-order valence-corrected chi connectivity index (χ1v) is 4.19. The summed E-state index contributed by atoms with van der Waals surface area (Å²) in [6, 6.07) is 0.124. The third-order valence-electron chi connectivity index (χ3n) is 1.97. The minimum atomic E-state index is -1.39. The molecule has 1 aliphatic rings. The molecule has 1 amide bonds. The topological polar surface area (TPSA) is 66.8 Å². The normalized spacial score (nSPS) is 15.5. The molecule has 0 unspecified atom stereocenters. The number of aliphatic carboxylic acids is 1. The van der Waals surface area contributed by atoms with Gasteiger partial charge in [-0.2, -0.15) is 0 Å². The Morgan fingerprint density at radius 2 is 2.15 bits per heavy atom. The van der Waals surface area contributed by atoms with Crippen molar-refractivity contribution >= 4 is 11.9 Å². The number of hydrogen-bond acceptors (Lipinski definition) is 3. The predicted molar refractivity (Wildman–Crippen MR) is 44.2 cm³/mol. The number of ether oxygens (including phenoxy) is 1. The Bertz CT molecular complexity index is 212. The maximum atomic E-state index is 11.1. The van der Waals surface area contributed by atoms with Gasteiger partial charge in [-0.15, -0.1) is 0 Å². The van der Waals surface area contributed by atoms with Crippen LogP contribution in [0.1, 0.15) is 12.8 Å². The monoisotopic (exact) mass is 187 g/mol.